The lowest BCUT2D eigenvalue weighted by atomic mass is 9.69. The highest BCUT2D eigenvalue weighted by Crippen LogP contribution is 2.40. The lowest BCUT2D eigenvalue weighted by Crippen LogP contribution is -2.44. The molecule has 1 saturated carbocycles. The zero-order chi connectivity index (χ0) is 16.2. The van der Waals surface area contributed by atoms with Gasteiger partial charge in [0.15, 0.2) is 0 Å². The number of carboxylic acid groups (broad SMARTS) is 2. The molecule has 0 atom stereocenters. The zero-order valence-electron chi connectivity index (χ0n) is 13.0. The second-order valence-corrected chi connectivity index (χ2v) is 6.90. The summed E-state index contributed by atoms with van der Waals surface area (Å²) in [5.41, 5.74) is 0.204. The summed E-state index contributed by atoms with van der Waals surface area (Å²) in [5.74, 6) is -2.41. The molecule has 0 aromatic carbocycles. The molecule has 1 amide bonds. The molecule has 1 aliphatic rings. The Morgan fingerprint density at radius 1 is 0.952 bits per heavy atom. The van der Waals surface area contributed by atoms with Crippen LogP contribution < -0.4 is 0 Å². The Bertz CT molecular complexity index is 389. The van der Waals surface area contributed by atoms with E-state index in [9.17, 15) is 14.4 Å². The van der Waals surface area contributed by atoms with Crippen LogP contribution in [0, 0.1) is 17.3 Å². The van der Waals surface area contributed by atoms with Crippen molar-refractivity contribution in [2.24, 2.45) is 17.3 Å². The molecule has 0 spiro atoms. The number of amides is 1. The highest BCUT2D eigenvalue weighted by molar-refractivity contribution is 5.86. The summed E-state index contributed by atoms with van der Waals surface area (Å²) in [6, 6.07) is 0. The van der Waals surface area contributed by atoms with Crippen molar-refractivity contribution in [3.63, 3.8) is 0 Å². The number of hydrogen-bond donors (Lipinski definition) is 2. The molecule has 0 aromatic rings. The molecule has 1 fully saturated rings. The van der Waals surface area contributed by atoms with Crippen molar-refractivity contribution < 1.29 is 24.6 Å². The van der Waals surface area contributed by atoms with Gasteiger partial charge in [-0.25, -0.2) is 0 Å². The van der Waals surface area contributed by atoms with E-state index in [2.05, 4.69) is 20.8 Å². The fourth-order valence-corrected chi connectivity index (χ4v) is 3.00. The summed E-state index contributed by atoms with van der Waals surface area (Å²) < 4.78 is 0. The van der Waals surface area contributed by atoms with Gasteiger partial charge in [-0.1, -0.05) is 20.8 Å². The summed E-state index contributed by atoms with van der Waals surface area (Å²) in [4.78, 5) is 34.8. The van der Waals surface area contributed by atoms with E-state index in [1.54, 1.807) is 0 Å². The standard InChI is InChI=1S/C15H25NO5/c1-15(2,3)11-6-4-10(5-7-11)14(21)16(8-12(17)18)9-13(19)20/h10-11H,4-9H2,1-3H3,(H,17,18)(H,19,20). The van der Waals surface area contributed by atoms with E-state index < -0.39 is 25.0 Å². The van der Waals surface area contributed by atoms with Crippen LogP contribution in [0.4, 0.5) is 0 Å². The summed E-state index contributed by atoms with van der Waals surface area (Å²) >= 11 is 0. The average molecular weight is 299 g/mol. The summed E-state index contributed by atoms with van der Waals surface area (Å²) in [6.07, 6.45) is 3.26. The highest BCUT2D eigenvalue weighted by Gasteiger charge is 2.34. The lowest BCUT2D eigenvalue weighted by Gasteiger charge is -2.37. The first-order valence-electron chi connectivity index (χ1n) is 7.33. The Morgan fingerprint density at radius 3 is 1.71 bits per heavy atom. The zero-order valence-corrected chi connectivity index (χ0v) is 13.0. The normalized spacial score (nSPS) is 22.6. The van der Waals surface area contributed by atoms with Gasteiger partial charge >= 0.3 is 11.9 Å². The van der Waals surface area contributed by atoms with E-state index in [0.717, 1.165) is 17.7 Å². The molecule has 1 rings (SSSR count). The highest BCUT2D eigenvalue weighted by atomic mass is 16.4. The number of aliphatic carboxylic acids is 2. The molecular formula is C15H25NO5. The van der Waals surface area contributed by atoms with Crippen LogP contribution in [0.3, 0.4) is 0 Å². The van der Waals surface area contributed by atoms with Gasteiger partial charge in [0.25, 0.3) is 0 Å². The molecular weight excluding hydrogens is 274 g/mol. The Kier molecular flexibility index (Phi) is 5.75. The van der Waals surface area contributed by atoms with Gasteiger partial charge in [0.05, 0.1) is 0 Å². The molecule has 2 N–H and O–H groups in total. The van der Waals surface area contributed by atoms with E-state index >= 15 is 0 Å². The minimum absolute atomic E-state index is 0.204. The maximum Gasteiger partial charge on any atom is 0.323 e. The Balaban J connectivity index is 2.65. The van der Waals surface area contributed by atoms with E-state index in [4.69, 9.17) is 10.2 Å². The monoisotopic (exact) mass is 299 g/mol. The van der Waals surface area contributed by atoms with E-state index in [0.29, 0.717) is 18.8 Å². The van der Waals surface area contributed by atoms with Crippen molar-refractivity contribution in [3.05, 3.63) is 0 Å². The molecule has 0 radical (unpaired) electrons. The third-order valence-corrected chi connectivity index (χ3v) is 4.27. The van der Waals surface area contributed by atoms with Crippen LogP contribution in [0.5, 0.6) is 0 Å². The van der Waals surface area contributed by atoms with Crippen LogP contribution in [0.2, 0.25) is 0 Å². The molecule has 120 valence electrons. The fraction of sp³-hybridized carbons (Fsp3) is 0.800. The van der Waals surface area contributed by atoms with Crippen LogP contribution in [0.1, 0.15) is 46.5 Å². The van der Waals surface area contributed by atoms with Gasteiger partial charge in [0, 0.05) is 5.92 Å². The maximum atomic E-state index is 12.3. The molecule has 0 heterocycles. The molecule has 21 heavy (non-hydrogen) atoms. The number of carbonyl (C=O) groups excluding carboxylic acids is 1. The van der Waals surface area contributed by atoms with Crippen LogP contribution in [-0.4, -0.2) is 46.0 Å². The number of nitrogens with zero attached hydrogens (tertiary/aromatic N) is 1. The topological polar surface area (TPSA) is 94.9 Å². The van der Waals surface area contributed by atoms with Crippen molar-refractivity contribution in [2.75, 3.05) is 13.1 Å². The van der Waals surface area contributed by atoms with Crippen molar-refractivity contribution in [2.45, 2.75) is 46.5 Å². The van der Waals surface area contributed by atoms with Crippen molar-refractivity contribution in [3.8, 4) is 0 Å². The SMILES string of the molecule is CC(C)(C)C1CCC(C(=O)N(CC(=O)O)CC(=O)O)CC1. The summed E-state index contributed by atoms with van der Waals surface area (Å²) in [5, 5.41) is 17.6. The molecule has 1 aliphatic carbocycles. The second-order valence-electron chi connectivity index (χ2n) is 6.90. The van der Waals surface area contributed by atoms with Gasteiger partial charge in [-0.3, -0.25) is 14.4 Å². The smallest absolute Gasteiger partial charge is 0.323 e. The van der Waals surface area contributed by atoms with E-state index in [1.807, 2.05) is 0 Å². The number of carboxylic acids is 2. The van der Waals surface area contributed by atoms with Gasteiger partial charge in [0.2, 0.25) is 5.91 Å². The lowest BCUT2D eigenvalue weighted by molar-refractivity contribution is -0.151. The minimum Gasteiger partial charge on any atom is -0.480 e. The van der Waals surface area contributed by atoms with Crippen LogP contribution >= 0.6 is 0 Å². The van der Waals surface area contributed by atoms with Crippen molar-refractivity contribution in [1.29, 1.82) is 0 Å². The third-order valence-electron chi connectivity index (χ3n) is 4.27. The Morgan fingerprint density at radius 2 is 1.38 bits per heavy atom. The third kappa shape index (κ3) is 5.36. The first-order valence-corrected chi connectivity index (χ1v) is 7.33. The summed E-state index contributed by atoms with van der Waals surface area (Å²) in [7, 11) is 0. The molecule has 0 aliphatic heterocycles. The first kappa shape index (κ1) is 17.5. The van der Waals surface area contributed by atoms with E-state index in [1.165, 1.54) is 0 Å². The Hall–Kier alpha value is -1.59. The molecule has 6 heteroatoms. The second kappa shape index (κ2) is 6.91. The first-order chi connectivity index (χ1) is 9.61. The predicted octanol–water partition coefficient (Wildman–Crippen LogP) is 1.84. The molecule has 0 aromatic heterocycles. The fourth-order valence-electron chi connectivity index (χ4n) is 3.00. The van der Waals surface area contributed by atoms with Crippen molar-refractivity contribution >= 4 is 17.8 Å². The quantitative estimate of drug-likeness (QED) is 0.807. The van der Waals surface area contributed by atoms with Gasteiger partial charge in [-0.15, -0.1) is 0 Å². The molecule has 0 unspecified atom stereocenters. The largest absolute Gasteiger partial charge is 0.480 e. The van der Waals surface area contributed by atoms with Gasteiger partial charge < -0.3 is 15.1 Å². The molecule has 0 bridgehead atoms. The van der Waals surface area contributed by atoms with Gasteiger partial charge in [-0.2, -0.15) is 0 Å². The Labute approximate surface area is 125 Å². The maximum absolute atomic E-state index is 12.3. The average Bonchev–Trinajstić information content (AvgIpc) is 2.35. The summed E-state index contributed by atoms with van der Waals surface area (Å²) in [6.45, 7) is 5.44. The predicted molar refractivity (Wildman–Crippen MR) is 76.8 cm³/mol. The van der Waals surface area contributed by atoms with Crippen LogP contribution in [0.25, 0.3) is 0 Å². The minimum atomic E-state index is -1.19. The van der Waals surface area contributed by atoms with E-state index in [-0.39, 0.29) is 17.2 Å². The number of hydrogen-bond acceptors (Lipinski definition) is 3. The number of carbonyl (C=O) groups is 3. The van der Waals surface area contributed by atoms with Gasteiger partial charge in [0.1, 0.15) is 13.1 Å². The van der Waals surface area contributed by atoms with Gasteiger partial charge in [-0.05, 0) is 37.0 Å². The van der Waals surface area contributed by atoms with Crippen molar-refractivity contribution in [1.82, 2.24) is 4.90 Å². The number of rotatable bonds is 5. The molecule has 0 saturated heterocycles. The van der Waals surface area contributed by atoms with Crippen LogP contribution in [-0.2, 0) is 14.4 Å². The molecule has 6 nitrogen and oxygen atoms in total. The van der Waals surface area contributed by atoms with Crippen LogP contribution in [0.15, 0.2) is 0 Å².